The summed E-state index contributed by atoms with van der Waals surface area (Å²) in [6.45, 7) is 1.38. The smallest absolute Gasteiger partial charge is 0.0894 e. The van der Waals surface area contributed by atoms with Gasteiger partial charge in [0.2, 0.25) is 0 Å². The maximum atomic E-state index is 11.7. The average Bonchev–Trinajstić information content (AvgIpc) is 2.37. The fraction of sp³-hybridized carbons (Fsp3) is 1.00. The zero-order chi connectivity index (χ0) is 8.10. The van der Waals surface area contributed by atoms with Crippen LogP contribution in [0.15, 0.2) is 0 Å². The normalized spacial score (nSPS) is 31.1. The third kappa shape index (κ3) is 2.75. The fourth-order valence-electron chi connectivity index (χ4n) is 1.51. The summed E-state index contributed by atoms with van der Waals surface area (Å²) in [4.78, 5) is 0. The first-order valence-corrected chi connectivity index (χ1v) is 4.29. The standard InChI is InChI=1S/C8H16FNO/c9-4-2-1-3-7-5-10-6-8(7)11/h7-8,10-11H,1-6H2/t7-,8-/m1/s1. The van der Waals surface area contributed by atoms with Gasteiger partial charge in [-0.05, 0) is 18.8 Å². The molecule has 0 aromatic carbocycles. The molecule has 0 spiro atoms. The Balaban J connectivity index is 2.05. The van der Waals surface area contributed by atoms with E-state index in [1.807, 2.05) is 0 Å². The molecular weight excluding hydrogens is 145 g/mol. The molecule has 1 heterocycles. The molecule has 1 aliphatic rings. The van der Waals surface area contributed by atoms with Gasteiger partial charge in [0.05, 0.1) is 12.8 Å². The van der Waals surface area contributed by atoms with Gasteiger partial charge < -0.3 is 10.4 Å². The summed E-state index contributed by atoms with van der Waals surface area (Å²) in [5, 5.41) is 12.4. The number of hydrogen-bond acceptors (Lipinski definition) is 2. The molecule has 11 heavy (non-hydrogen) atoms. The molecular formula is C8H16FNO. The molecule has 2 N–H and O–H groups in total. The van der Waals surface area contributed by atoms with Crippen LogP contribution in [-0.2, 0) is 0 Å². The summed E-state index contributed by atoms with van der Waals surface area (Å²) in [5.41, 5.74) is 0. The van der Waals surface area contributed by atoms with E-state index in [2.05, 4.69) is 5.32 Å². The Morgan fingerprint density at radius 3 is 2.73 bits per heavy atom. The molecule has 0 bridgehead atoms. The van der Waals surface area contributed by atoms with Gasteiger partial charge in [-0.3, -0.25) is 4.39 Å². The van der Waals surface area contributed by atoms with Gasteiger partial charge >= 0.3 is 0 Å². The molecule has 0 unspecified atom stereocenters. The largest absolute Gasteiger partial charge is 0.391 e. The molecule has 1 rings (SSSR count). The molecule has 0 aliphatic carbocycles. The van der Waals surface area contributed by atoms with Gasteiger partial charge in [-0.1, -0.05) is 6.42 Å². The molecule has 0 aromatic heterocycles. The van der Waals surface area contributed by atoms with E-state index in [1.54, 1.807) is 0 Å². The van der Waals surface area contributed by atoms with Crippen molar-refractivity contribution in [3.8, 4) is 0 Å². The van der Waals surface area contributed by atoms with Gasteiger partial charge in [-0.15, -0.1) is 0 Å². The number of hydrogen-bond donors (Lipinski definition) is 2. The number of rotatable bonds is 4. The van der Waals surface area contributed by atoms with E-state index in [9.17, 15) is 9.50 Å². The van der Waals surface area contributed by atoms with Crippen molar-refractivity contribution in [3.05, 3.63) is 0 Å². The second kappa shape index (κ2) is 4.67. The molecule has 0 aromatic rings. The maximum Gasteiger partial charge on any atom is 0.0894 e. The van der Waals surface area contributed by atoms with Crippen molar-refractivity contribution in [1.82, 2.24) is 5.32 Å². The average molecular weight is 161 g/mol. The van der Waals surface area contributed by atoms with Crippen LogP contribution < -0.4 is 5.32 Å². The zero-order valence-electron chi connectivity index (χ0n) is 6.72. The molecule has 1 aliphatic heterocycles. The maximum absolute atomic E-state index is 11.7. The van der Waals surface area contributed by atoms with Crippen molar-refractivity contribution in [2.24, 2.45) is 5.92 Å². The number of aliphatic hydroxyl groups is 1. The molecule has 3 heteroatoms. The van der Waals surface area contributed by atoms with Gasteiger partial charge in [-0.2, -0.15) is 0 Å². The summed E-state index contributed by atoms with van der Waals surface area (Å²) in [6, 6.07) is 0. The summed E-state index contributed by atoms with van der Waals surface area (Å²) in [6.07, 6.45) is 2.30. The van der Waals surface area contributed by atoms with Crippen LogP contribution in [0.3, 0.4) is 0 Å². The topological polar surface area (TPSA) is 32.3 Å². The van der Waals surface area contributed by atoms with E-state index in [1.165, 1.54) is 0 Å². The molecule has 66 valence electrons. The van der Waals surface area contributed by atoms with E-state index in [4.69, 9.17) is 0 Å². The van der Waals surface area contributed by atoms with Crippen LogP contribution in [0.25, 0.3) is 0 Å². The van der Waals surface area contributed by atoms with Crippen LogP contribution in [0.5, 0.6) is 0 Å². The first kappa shape index (κ1) is 8.94. The molecule has 1 saturated heterocycles. The highest BCUT2D eigenvalue weighted by Gasteiger charge is 2.23. The number of β-amino-alcohol motifs (C(OH)–C–C–N with tert-alkyl or cyclic N) is 1. The Hall–Kier alpha value is -0.150. The van der Waals surface area contributed by atoms with Crippen molar-refractivity contribution in [2.45, 2.75) is 25.4 Å². The second-order valence-corrected chi connectivity index (χ2v) is 3.17. The van der Waals surface area contributed by atoms with Crippen molar-refractivity contribution in [2.75, 3.05) is 19.8 Å². The van der Waals surface area contributed by atoms with E-state index >= 15 is 0 Å². The molecule has 2 nitrogen and oxygen atoms in total. The summed E-state index contributed by atoms with van der Waals surface area (Å²) in [7, 11) is 0. The molecule has 0 saturated carbocycles. The second-order valence-electron chi connectivity index (χ2n) is 3.17. The van der Waals surface area contributed by atoms with Crippen molar-refractivity contribution < 1.29 is 9.50 Å². The Kier molecular flexibility index (Phi) is 3.80. The van der Waals surface area contributed by atoms with Crippen molar-refractivity contribution in [3.63, 3.8) is 0 Å². The first-order valence-electron chi connectivity index (χ1n) is 4.29. The number of nitrogens with one attached hydrogen (secondary N) is 1. The number of halogens is 1. The first-order chi connectivity index (χ1) is 5.34. The monoisotopic (exact) mass is 161 g/mol. The quantitative estimate of drug-likeness (QED) is 0.595. The molecule has 0 amide bonds. The molecule has 1 fully saturated rings. The number of alkyl halides is 1. The van der Waals surface area contributed by atoms with E-state index in [-0.39, 0.29) is 12.8 Å². The van der Waals surface area contributed by atoms with Crippen LogP contribution >= 0.6 is 0 Å². The minimum atomic E-state index is -0.226. The lowest BCUT2D eigenvalue weighted by molar-refractivity contribution is 0.141. The number of aliphatic hydroxyl groups excluding tert-OH is 1. The lowest BCUT2D eigenvalue weighted by Gasteiger charge is -2.11. The fourth-order valence-corrected chi connectivity index (χ4v) is 1.51. The van der Waals surface area contributed by atoms with Gasteiger partial charge in [0, 0.05) is 13.1 Å². The minimum absolute atomic E-state index is 0.199. The van der Waals surface area contributed by atoms with Gasteiger partial charge in [-0.25, -0.2) is 0 Å². The van der Waals surface area contributed by atoms with E-state index in [0.717, 1.165) is 19.4 Å². The molecule has 2 atom stereocenters. The Labute approximate surface area is 66.8 Å². The Bertz CT molecular complexity index is 110. The lowest BCUT2D eigenvalue weighted by atomic mass is 9.99. The summed E-state index contributed by atoms with van der Waals surface area (Å²) < 4.78 is 11.7. The molecule has 0 radical (unpaired) electrons. The van der Waals surface area contributed by atoms with Crippen LogP contribution in [-0.4, -0.2) is 31.0 Å². The predicted octanol–water partition coefficient (Wildman–Crippen LogP) is 0.706. The van der Waals surface area contributed by atoms with E-state index < -0.39 is 0 Å². The summed E-state index contributed by atoms with van der Waals surface area (Å²) >= 11 is 0. The van der Waals surface area contributed by atoms with Gasteiger partial charge in [0.15, 0.2) is 0 Å². The van der Waals surface area contributed by atoms with Gasteiger partial charge in [0.25, 0.3) is 0 Å². The third-order valence-electron chi connectivity index (χ3n) is 2.26. The Morgan fingerprint density at radius 1 is 1.36 bits per heavy atom. The summed E-state index contributed by atoms with van der Waals surface area (Å²) in [5.74, 6) is 0.363. The third-order valence-corrected chi connectivity index (χ3v) is 2.26. The number of unbranched alkanes of at least 4 members (excludes halogenated alkanes) is 1. The van der Waals surface area contributed by atoms with Crippen LogP contribution in [0.2, 0.25) is 0 Å². The SMILES string of the molecule is O[C@@H]1CNC[C@H]1CCCCF. The van der Waals surface area contributed by atoms with Crippen molar-refractivity contribution in [1.29, 1.82) is 0 Å². The Morgan fingerprint density at radius 2 is 2.18 bits per heavy atom. The predicted molar refractivity (Wildman–Crippen MR) is 42.2 cm³/mol. The van der Waals surface area contributed by atoms with E-state index in [0.29, 0.717) is 18.9 Å². The highest BCUT2D eigenvalue weighted by atomic mass is 19.1. The van der Waals surface area contributed by atoms with Crippen molar-refractivity contribution >= 4 is 0 Å². The van der Waals surface area contributed by atoms with Crippen LogP contribution in [0, 0.1) is 5.92 Å². The zero-order valence-corrected chi connectivity index (χ0v) is 6.72. The minimum Gasteiger partial charge on any atom is -0.391 e. The highest BCUT2D eigenvalue weighted by Crippen LogP contribution is 2.16. The van der Waals surface area contributed by atoms with Crippen LogP contribution in [0.1, 0.15) is 19.3 Å². The lowest BCUT2D eigenvalue weighted by Crippen LogP contribution is -2.17. The van der Waals surface area contributed by atoms with Gasteiger partial charge in [0.1, 0.15) is 0 Å². The van der Waals surface area contributed by atoms with Crippen LogP contribution in [0.4, 0.5) is 4.39 Å². The highest BCUT2D eigenvalue weighted by molar-refractivity contribution is 4.79.